The van der Waals surface area contributed by atoms with Crippen LogP contribution in [0, 0.1) is 5.92 Å². The highest BCUT2D eigenvalue weighted by molar-refractivity contribution is 5.86. The van der Waals surface area contributed by atoms with E-state index in [1.165, 1.54) is 23.7 Å². The number of aromatic nitrogens is 1. The molecule has 0 atom stereocenters. The van der Waals surface area contributed by atoms with E-state index in [-0.39, 0.29) is 6.10 Å². The van der Waals surface area contributed by atoms with Crippen LogP contribution in [-0.4, -0.2) is 10.7 Å². The standard InChI is InChI=1S/C17H25NO/c1-13(2)7-6-11-18-12-10-15-16(18)8-5-9-17(15)19-14(3)4/h5,8-10,12-14H,6-7,11H2,1-4H3. The average molecular weight is 259 g/mol. The molecule has 1 heterocycles. The molecule has 104 valence electrons. The van der Waals surface area contributed by atoms with Crippen molar-refractivity contribution in [2.75, 3.05) is 0 Å². The van der Waals surface area contributed by atoms with Crippen molar-refractivity contribution >= 4 is 10.9 Å². The summed E-state index contributed by atoms with van der Waals surface area (Å²) in [7, 11) is 0. The molecule has 0 aliphatic carbocycles. The van der Waals surface area contributed by atoms with Gasteiger partial charge in [0.2, 0.25) is 0 Å². The van der Waals surface area contributed by atoms with Gasteiger partial charge in [-0.3, -0.25) is 0 Å². The second-order valence-electron chi connectivity index (χ2n) is 5.90. The summed E-state index contributed by atoms with van der Waals surface area (Å²) in [6, 6.07) is 8.49. The van der Waals surface area contributed by atoms with Crippen LogP contribution in [0.3, 0.4) is 0 Å². The predicted octanol–water partition coefficient (Wildman–Crippen LogP) is 4.86. The molecule has 0 bridgehead atoms. The fourth-order valence-electron chi connectivity index (χ4n) is 2.42. The molecule has 19 heavy (non-hydrogen) atoms. The molecule has 2 aromatic rings. The van der Waals surface area contributed by atoms with Crippen LogP contribution < -0.4 is 4.74 Å². The monoisotopic (exact) mass is 259 g/mol. The number of hydrogen-bond acceptors (Lipinski definition) is 1. The van der Waals surface area contributed by atoms with E-state index in [0.29, 0.717) is 0 Å². The Kier molecular flexibility index (Phi) is 4.52. The van der Waals surface area contributed by atoms with Gasteiger partial charge in [0, 0.05) is 18.1 Å². The maximum Gasteiger partial charge on any atom is 0.129 e. The Morgan fingerprint density at radius 2 is 1.89 bits per heavy atom. The van der Waals surface area contributed by atoms with Crippen LogP contribution in [0.15, 0.2) is 30.5 Å². The van der Waals surface area contributed by atoms with Crippen LogP contribution >= 0.6 is 0 Å². The molecular weight excluding hydrogens is 234 g/mol. The molecule has 0 aliphatic heterocycles. The molecule has 0 unspecified atom stereocenters. The number of rotatable bonds is 6. The van der Waals surface area contributed by atoms with Crippen molar-refractivity contribution in [2.24, 2.45) is 5.92 Å². The van der Waals surface area contributed by atoms with Gasteiger partial charge in [-0.05, 0) is 50.8 Å². The summed E-state index contributed by atoms with van der Waals surface area (Å²) < 4.78 is 8.21. The van der Waals surface area contributed by atoms with Gasteiger partial charge in [0.05, 0.1) is 11.6 Å². The van der Waals surface area contributed by atoms with Gasteiger partial charge in [0.15, 0.2) is 0 Å². The van der Waals surface area contributed by atoms with E-state index >= 15 is 0 Å². The van der Waals surface area contributed by atoms with Crippen molar-refractivity contribution in [3.05, 3.63) is 30.5 Å². The van der Waals surface area contributed by atoms with Gasteiger partial charge in [-0.15, -0.1) is 0 Å². The van der Waals surface area contributed by atoms with Crippen LogP contribution in [0.5, 0.6) is 5.75 Å². The first kappa shape index (κ1) is 14.0. The minimum absolute atomic E-state index is 0.217. The number of ether oxygens (including phenoxy) is 1. The van der Waals surface area contributed by atoms with Crippen LogP contribution in [0.4, 0.5) is 0 Å². The molecule has 2 rings (SSSR count). The molecule has 1 aromatic heterocycles. The zero-order valence-corrected chi connectivity index (χ0v) is 12.5. The maximum absolute atomic E-state index is 5.87. The zero-order valence-electron chi connectivity index (χ0n) is 12.5. The number of nitrogens with zero attached hydrogens (tertiary/aromatic N) is 1. The van der Waals surface area contributed by atoms with Gasteiger partial charge in [0.1, 0.15) is 5.75 Å². The fraction of sp³-hybridized carbons (Fsp3) is 0.529. The number of benzene rings is 1. The van der Waals surface area contributed by atoms with Crippen molar-refractivity contribution in [1.29, 1.82) is 0 Å². The third kappa shape index (κ3) is 3.52. The summed E-state index contributed by atoms with van der Waals surface area (Å²) in [5.74, 6) is 1.77. The minimum atomic E-state index is 0.217. The number of fused-ring (bicyclic) bond motifs is 1. The number of aryl methyl sites for hydroxylation is 1. The first-order valence-corrected chi connectivity index (χ1v) is 7.32. The minimum Gasteiger partial charge on any atom is -0.490 e. The molecule has 0 radical (unpaired) electrons. The summed E-state index contributed by atoms with van der Waals surface area (Å²) in [5, 5.41) is 1.22. The quantitative estimate of drug-likeness (QED) is 0.722. The predicted molar refractivity (Wildman–Crippen MR) is 81.8 cm³/mol. The van der Waals surface area contributed by atoms with Gasteiger partial charge in [0.25, 0.3) is 0 Å². The summed E-state index contributed by atoms with van der Waals surface area (Å²) in [6.45, 7) is 9.79. The Hall–Kier alpha value is -1.44. The van der Waals surface area contributed by atoms with E-state index in [9.17, 15) is 0 Å². The molecule has 0 spiro atoms. The largest absolute Gasteiger partial charge is 0.490 e. The summed E-state index contributed by atoms with van der Waals surface area (Å²) in [6.07, 6.45) is 4.91. The third-order valence-electron chi connectivity index (χ3n) is 3.32. The van der Waals surface area contributed by atoms with Crippen LogP contribution in [-0.2, 0) is 6.54 Å². The lowest BCUT2D eigenvalue weighted by Crippen LogP contribution is -2.05. The second kappa shape index (κ2) is 6.14. The zero-order chi connectivity index (χ0) is 13.8. The summed E-state index contributed by atoms with van der Waals surface area (Å²) in [4.78, 5) is 0. The van der Waals surface area contributed by atoms with E-state index in [1.807, 2.05) is 0 Å². The van der Waals surface area contributed by atoms with Gasteiger partial charge in [-0.25, -0.2) is 0 Å². The Morgan fingerprint density at radius 3 is 2.58 bits per heavy atom. The highest BCUT2D eigenvalue weighted by Crippen LogP contribution is 2.27. The number of hydrogen-bond donors (Lipinski definition) is 0. The lowest BCUT2D eigenvalue weighted by Gasteiger charge is -2.12. The first-order chi connectivity index (χ1) is 9.08. The molecule has 1 aromatic carbocycles. The Balaban J connectivity index is 2.18. The van der Waals surface area contributed by atoms with E-state index < -0.39 is 0 Å². The topological polar surface area (TPSA) is 14.2 Å². The molecule has 2 heteroatoms. The van der Waals surface area contributed by atoms with Gasteiger partial charge < -0.3 is 9.30 Å². The van der Waals surface area contributed by atoms with Crippen LogP contribution in [0.25, 0.3) is 10.9 Å². The smallest absolute Gasteiger partial charge is 0.129 e. The van der Waals surface area contributed by atoms with Crippen molar-refractivity contribution < 1.29 is 4.74 Å². The summed E-state index contributed by atoms with van der Waals surface area (Å²) >= 11 is 0. The molecule has 0 amide bonds. The van der Waals surface area contributed by atoms with Gasteiger partial charge in [-0.1, -0.05) is 19.9 Å². The van der Waals surface area contributed by atoms with Gasteiger partial charge in [-0.2, -0.15) is 0 Å². The maximum atomic E-state index is 5.87. The van der Waals surface area contributed by atoms with Crippen LogP contribution in [0.1, 0.15) is 40.5 Å². The molecular formula is C17H25NO. The molecule has 0 fully saturated rings. The van der Waals surface area contributed by atoms with Crippen molar-refractivity contribution in [1.82, 2.24) is 4.57 Å². The first-order valence-electron chi connectivity index (χ1n) is 7.32. The normalized spacial score (nSPS) is 11.7. The summed E-state index contributed by atoms with van der Waals surface area (Å²) in [5.41, 5.74) is 1.28. The molecule has 0 N–H and O–H groups in total. The van der Waals surface area contributed by atoms with E-state index in [4.69, 9.17) is 4.74 Å². The van der Waals surface area contributed by atoms with Crippen molar-refractivity contribution in [2.45, 2.75) is 53.2 Å². The van der Waals surface area contributed by atoms with Gasteiger partial charge >= 0.3 is 0 Å². The lowest BCUT2D eigenvalue weighted by molar-refractivity contribution is 0.245. The van der Waals surface area contributed by atoms with E-state index in [1.54, 1.807) is 0 Å². The van der Waals surface area contributed by atoms with E-state index in [2.05, 4.69) is 62.7 Å². The average Bonchev–Trinajstić information content (AvgIpc) is 2.73. The third-order valence-corrected chi connectivity index (χ3v) is 3.32. The van der Waals surface area contributed by atoms with Crippen molar-refractivity contribution in [3.63, 3.8) is 0 Å². The Morgan fingerprint density at radius 1 is 1.11 bits per heavy atom. The lowest BCUT2D eigenvalue weighted by atomic mass is 10.1. The molecule has 2 nitrogen and oxygen atoms in total. The highest BCUT2D eigenvalue weighted by Gasteiger charge is 2.07. The Bertz CT molecular complexity index is 525. The SMILES string of the molecule is CC(C)CCCn1ccc2c(OC(C)C)cccc21. The van der Waals surface area contributed by atoms with Crippen LogP contribution in [0.2, 0.25) is 0 Å². The molecule has 0 saturated carbocycles. The van der Waals surface area contributed by atoms with E-state index in [0.717, 1.165) is 18.2 Å². The fourth-order valence-corrected chi connectivity index (χ4v) is 2.42. The van der Waals surface area contributed by atoms with Crippen molar-refractivity contribution in [3.8, 4) is 5.75 Å². The second-order valence-corrected chi connectivity index (χ2v) is 5.90. The molecule has 0 saturated heterocycles. The molecule has 0 aliphatic rings. The Labute approximate surface area is 116 Å². The highest BCUT2D eigenvalue weighted by atomic mass is 16.5.